The predicted octanol–water partition coefficient (Wildman–Crippen LogP) is 13.3. The summed E-state index contributed by atoms with van der Waals surface area (Å²) < 4.78 is 5.88. The molecule has 0 aliphatic rings. The lowest BCUT2D eigenvalue weighted by atomic mass is 10.0. The van der Waals surface area contributed by atoms with Crippen LogP contribution in [0.5, 0.6) is 0 Å². The molecule has 1 amide bonds. The summed E-state index contributed by atoms with van der Waals surface area (Å²) in [5.74, 6) is -0.509. The van der Waals surface area contributed by atoms with Gasteiger partial charge in [-0.3, -0.25) is 9.59 Å². The molecule has 0 radical (unpaired) electrons. The molecule has 3 atom stereocenters. The number of carbonyl (C=O) groups is 2. The highest BCUT2D eigenvalue weighted by atomic mass is 16.5. The number of esters is 1. The molecule has 3 unspecified atom stereocenters. The van der Waals surface area contributed by atoms with Crippen molar-refractivity contribution in [1.82, 2.24) is 5.32 Å². The van der Waals surface area contributed by atoms with E-state index < -0.39 is 18.2 Å². The number of rotatable bonds is 41. The predicted molar refractivity (Wildman–Crippen MR) is 232 cm³/mol. The molecule has 54 heavy (non-hydrogen) atoms. The van der Waals surface area contributed by atoms with Gasteiger partial charge in [0.1, 0.15) is 6.10 Å². The van der Waals surface area contributed by atoms with Crippen molar-refractivity contribution in [3.05, 3.63) is 36.5 Å². The van der Waals surface area contributed by atoms with E-state index in [1.165, 1.54) is 109 Å². The topological polar surface area (TPSA) is 95.9 Å². The fourth-order valence-electron chi connectivity index (χ4n) is 6.97. The third kappa shape index (κ3) is 37.0. The second kappa shape index (κ2) is 42.2. The van der Waals surface area contributed by atoms with E-state index in [0.29, 0.717) is 19.3 Å². The van der Waals surface area contributed by atoms with Gasteiger partial charge >= 0.3 is 5.97 Å². The van der Waals surface area contributed by atoms with Gasteiger partial charge in [-0.1, -0.05) is 198 Å². The first-order valence-electron chi connectivity index (χ1n) is 23.2. The summed E-state index contributed by atoms with van der Waals surface area (Å²) in [7, 11) is 0. The number of amides is 1. The number of carbonyl (C=O) groups excluding carboxylic acids is 2. The van der Waals surface area contributed by atoms with Crippen LogP contribution >= 0.6 is 0 Å². The van der Waals surface area contributed by atoms with Gasteiger partial charge < -0.3 is 20.3 Å². The average molecular weight is 760 g/mol. The molecule has 0 bridgehead atoms. The number of aliphatic hydroxyl groups is 2. The molecule has 0 rings (SSSR count). The Morgan fingerprint density at radius 3 is 1.50 bits per heavy atom. The lowest BCUT2D eigenvalue weighted by Gasteiger charge is -2.24. The van der Waals surface area contributed by atoms with Gasteiger partial charge in [-0.25, -0.2) is 0 Å². The van der Waals surface area contributed by atoms with E-state index in [2.05, 4.69) is 62.5 Å². The molecule has 6 nitrogen and oxygen atoms in total. The molecule has 0 fully saturated rings. The van der Waals surface area contributed by atoms with Crippen LogP contribution in [0, 0.1) is 0 Å². The highest BCUT2D eigenvalue weighted by Gasteiger charge is 2.24. The maximum absolute atomic E-state index is 13.1. The van der Waals surface area contributed by atoms with Crippen LogP contribution in [0.1, 0.15) is 233 Å². The van der Waals surface area contributed by atoms with Gasteiger partial charge in [-0.2, -0.15) is 0 Å². The van der Waals surface area contributed by atoms with E-state index in [-0.39, 0.29) is 24.9 Å². The Hall–Kier alpha value is -1.92. The van der Waals surface area contributed by atoms with E-state index in [4.69, 9.17) is 4.74 Å². The molecule has 0 saturated heterocycles. The van der Waals surface area contributed by atoms with Crippen molar-refractivity contribution in [1.29, 1.82) is 0 Å². The van der Waals surface area contributed by atoms with E-state index in [1.807, 2.05) is 0 Å². The van der Waals surface area contributed by atoms with Gasteiger partial charge in [-0.15, -0.1) is 0 Å². The molecule has 0 heterocycles. The molecule has 3 N–H and O–H groups in total. The van der Waals surface area contributed by atoms with Crippen LogP contribution in [0.4, 0.5) is 0 Å². The Labute approximate surface area is 334 Å². The summed E-state index contributed by atoms with van der Waals surface area (Å²) in [6.45, 7) is 6.34. The van der Waals surface area contributed by atoms with Crippen molar-refractivity contribution in [2.24, 2.45) is 0 Å². The summed E-state index contributed by atoms with van der Waals surface area (Å²) >= 11 is 0. The summed E-state index contributed by atoms with van der Waals surface area (Å²) in [4.78, 5) is 26.0. The Morgan fingerprint density at radius 2 is 1.00 bits per heavy atom. The summed E-state index contributed by atoms with van der Waals surface area (Å²) in [6.07, 6.45) is 47.7. The standard InChI is InChI=1S/C48H89NO5/c1-4-7-10-13-16-19-22-25-27-30-33-36-39-44(54-48(53)41-38-35-32-29-24-21-18-15-12-9-6-3)42-47(52)49-45(43-50)46(51)40-37-34-31-28-26-23-20-17-14-11-8-5-2/h7,10,16,19,25,27,44-46,50-51H,4-6,8-9,11-15,17-18,20-24,26,28-43H2,1-3H3,(H,49,52)/b10-7+,19-16+,27-25+. The maximum Gasteiger partial charge on any atom is 0.306 e. The maximum atomic E-state index is 13.1. The van der Waals surface area contributed by atoms with E-state index in [1.54, 1.807) is 0 Å². The molecule has 6 heteroatoms. The van der Waals surface area contributed by atoms with E-state index in [0.717, 1.165) is 77.0 Å². The fourth-order valence-corrected chi connectivity index (χ4v) is 6.97. The highest BCUT2D eigenvalue weighted by Crippen LogP contribution is 2.17. The zero-order valence-corrected chi connectivity index (χ0v) is 35.9. The van der Waals surface area contributed by atoms with Crippen molar-refractivity contribution in [2.75, 3.05) is 6.61 Å². The van der Waals surface area contributed by atoms with Crippen molar-refractivity contribution >= 4 is 11.9 Å². The third-order valence-corrected chi connectivity index (χ3v) is 10.5. The monoisotopic (exact) mass is 760 g/mol. The van der Waals surface area contributed by atoms with Gasteiger partial charge in [-0.05, 0) is 57.8 Å². The lowest BCUT2D eigenvalue weighted by molar-refractivity contribution is -0.151. The van der Waals surface area contributed by atoms with Crippen LogP contribution in [0.2, 0.25) is 0 Å². The number of nitrogens with one attached hydrogen (secondary N) is 1. The van der Waals surface area contributed by atoms with Gasteiger partial charge in [0.25, 0.3) is 0 Å². The van der Waals surface area contributed by atoms with Crippen molar-refractivity contribution in [2.45, 2.75) is 251 Å². The number of aliphatic hydroxyl groups excluding tert-OH is 2. The second-order valence-corrected chi connectivity index (χ2v) is 15.8. The van der Waals surface area contributed by atoms with E-state index in [9.17, 15) is 19.8 Å². The Bertz CT molecular complexity index is 900. The van der Waals surface area contributed by atoms with Crippen molar-refractivity contribution in [3.63, 3.8) is 0 Å². The van der Waals surface area contributed by atoms with Gasteiger partial charge in [0.15, 0.2) is 0 Å². The summed E-state index contributed by atoms with van der Waals surface area (Å²) in [5.41, 5.74) is 0. The van der Waals surface area contributed by atoms with Crippen LogP contribution in [0.15, 0.2) is 36.5 Å². The van der Waals surface area contributed by atoms with Crippen LogP contribution in [-0.4, -0.2) is 46.9 Å². The first kappa shape index (κ1) is 52.1. The van der Waals surface area contributed by atoms with Crippen LogP contribution < -0.4 is 5.32 Å². The molecule has 0 aliphatic heterocycles. The molecule has 0 aliphatic carbocycles. The van der Waals surface area contributed by atoms with Crippen molar-refractivity contribution in [3.8, 4) is 0 Å². The second-order valence-electron chi connectivity index (χ2n) is 15.8. The largest absolute Gasteiger partial charge is 0.462 e. The Morgan fingerprint density at radius 1 is 0.556 bits per heavy atom. The molecule has 316 valence electrons. The molecule has 0 spiro atoms. The normalized spacial score (nSPS) is 13.6. The smallest absolute Gasteiger partial charge is 0.306 e. The summed E-state index contributed by atoms with van der Waals surface area (Å²) in [6, 6.07) is -0.709. The number of unbranched alkanes of at least 4 members (excludes halogenated alkanes) is 23. The zero-order chi connectivity index (χ0) is 39.6. The van der Waals surface area contributed by atoms with Crippen LogP contribution in [-0.2, 0) is 14.3 Å². The molecule has 0 saturated carbocycles. The minimum atomic E-state index is -0.793. The van der Waals surface area contributed by atoms with E-state index >= 15 is 0 Å². The average Bonchev–Trinajstić information content (AvgIpc) is 3.16. The van der Waals surface area contributed by atoms with Gasteiger partial charge in [0.2, 0.25) is 5.91 Å². The first-order valence-corrected chi connectivity index (χ1v) is 23.2. The molecule has 0 aromatic rings. The highest BCUT2D eigenvalue weighted by molar-refractivity contribution is 5.77. The van der Waals surface area contributed by atoms with Gasteiger partial charge in [0, 0.05) is 6.42 Å². The number of hydrogen-bond acceptors (Lipinski definition) is 5. The molecule has 0 aromatic heterocycles. The SMILES string of the molecule is CC/C=C/C/C=C/C/C=C/CCCCC(CC(=O)NC(CO)C(O)CCCCCCCCCCCCCC)OC(=O)CCCCCCCCCCCCC. The quantitative estimate of drug-likeness (QED) is 0.0328. The summed E-state index contributed by atoms with van der Waals surface area (Å²) in [5, 5.41) is 23.6. The third-order valence-electron chi connectivity index (χ3n) is 10.5. The Balaban J connectivity index is 4.62. The zero-order valence-electron chi connectivity index (χ0n) is 35.9. The van der Waals surface area contributed by atoms with Crippen molar-refractivity contribution < 1.29 is 24.5 Å². The molecular formula is C48H89NO5. The van der Waals surface area contributed by atoms with Gasteiger partial charge in [0.05, 0.1) is 25.2 Å². The fraction of sp³-hybridized carbons (Fsp3) is 0.833. The number of hydrogen-bond donors (Lipinski definition) is 3. The molecular weight excluding hydrogens is 671 g/mol. The first-order chi connectivity index (χ1) is 26.5. The molecule has 0 aromatic carbocycles. The minimum absolute atomic E-state index is 0.0545. The minimum Gasteiger partial charge on any atom is -0.462 e. The van der Waals surface area contributed by atoms with Crippen LogP contribution in [0.25, 0.3) is 0 Å². The number of ether oxygens (including phenoxy) is 1. The number of allylic oxidation sites excluding steroid dienone is 6. The van der Waals surface area contributed by atoms with Crippen LogP contribution in [0.3, 0.4) is 0 Å². The lowest BCUT2D eigenvalue weighted by Crippen LogP contribution is -2.46. The Kier molecular flexibility index (Phi) is 40.7.